The van der Waals surface area contributed by atoms with E-state index in [-0.39, 0.29) is 28.9 Å². The first-order valence-corrected chi connectivity index (χ1v) is 6.93. The molecule has 0 rings (SSSR count). The number of rotatable bonds is 5. The second-order valence-corrected chi connectivity index (χ2v) is 7.88. The van der Waals surface area contributed by atoms with Crippen LogP contribution in [0.25, 0.3) is 0 Å². The molecule has 0 bridgehead atoms. The lowest BCUT2D eigenvalue weighted by Crippen LogP contribution is -2.49. The Labute approximate surface area is 118 Å². The van der Waals surface area contributed by atoms with Gasteiger partial charge in [0.1, 0.15) is 6.04 Å². The summed E-state index contributed by atoms with van der Waals surface area (Å²) in [5, 5.41) is 2.92. The molecule has 0 aliphatic rings. The maximum Gasteiger partial charge on any atom is 0.239 e. The van der Waals surface area contributed by atoms with Crippen molar-refractivity contribution in [3.8, 4) is 0 Å². The molecule has 0 aliphatic heterocycles. The second-order valence-electron chi connectivity index (χ2n) is 7.88. The molecule has 0 saturated carbocycles. The van der Waals surface area contributed by atoms with Gasteiger partial charge in [-0.25, -0.2) is 0 Å². The smallest absolute Gasteiger partial charge is 0.239 e. The van der Waals surface area contributed by atoms with Crippen molar-refractivity contribution in [2.75, 3.05) is 13.2 Å². The summed E-state index contributed by atoms with van der Waals surface area (Å²) < 4.78 is 5.53. The Morgan fingerprint density at radius 3 is 1.95 bits per heavy atom. The normalized spacial score (nSPS) is 15.2. The van der Waals surface area contributed by atoms with E-state index in [1.54, 1.807) is 0 Å². The summed E-state index contributed by atoms with van der Waals surface area (Å²) >= 11 is 0. The maximum absolute atomic E-state index is 11.9. The minimum atomic E-state index is -0.616. The number of amides is 1. The van der Waals surface area contributed by atoms with Gasteiger partial charge in [-0.15, -0.1) is 0 Å². The lowest BCUT2D eigenvalue weighted by molar-refractivity contribution is -0.125. The Kier molecular flexibility index (Phi) is 6.03. The monoisotopic (exact) mass is 272 g/mol. The van der Waals surface area contributed by atoms with Gasteiger partial charge in [0.25, 0.3) is 0 Å². The van der Waals surface area contributed by atoms with E-state index in [0.717, 1.165) is 0 Å². The molecule has 0 aromatic rings. The number of carbonyl (C=O) groups excluding carboxylic acids is 1. The molecule has 0 heterocycles. The summed E-state index contributed by atoms with van der Waals surface area (Å²) in [6.45, 7) is 17.5. The van der Waals surface area contributed by atoms with E-state index in [2.05, 4.69) is 39.9 Å². The van der Waals surface area contributed by atoms with E-state index in [1.807, 2.05) is 20.8 Å². The van der Waals surface area contributed by atoms with Gasteiger partial charge in [-0.3, -0.25) is 4.79 Å². The molecule has 1 atom stereocenters. The van der Waals surface area contributed by atoms with Crippen molar-refractivity contribution in [1.29, 1.82) is 0 Å². The topological polar surface area (TPSA) is 64.3 Å². The molecule has 0 saturated heterocycles. The first-order chi connectivity index (χ1) is 8.26. The predicted molar refractivity (Wildman–Crippen MR) is 79.9 cm³/mol. The molecule has 0 fully saturated rings. The number of carbonyl (C=O) groups is 1. The maximum atomic E-state index is 11.9. The van der Waals surface area contributed by atoms with Crippen LogP contribution in [0, 0.1) is 10.8 Å². The minimum absolute atomic E-state index is 0.00721. The van der Waals surface area contributed by atoms with Gasteiger partial charge in [0.15, 0.2) is 0 Å². The number of hydrogen-bond donors (Lipinski definition) is 2. The van der Waals surface area contributed by atoms with Crippen LogP contribution >= 0.6 is 0 Å². The van der Waals surface area contributed by atoms with Crippen LogP contribution in [0.4, 0.5) is 0 Å². The highest BCUT2D eigenvalue weighted by Crippen LogP contribution is 2.36. The van der Waals surface area contributed by atoms with Crippen LogP contribution in [0.2, 0.25) is 0 Å². The first-order valence-electron chi connectivity index (χ1n) is 6.93. The predicted octanol–water partition coefficient (Wildman–Crippen LogP) is 2.32. The lowest BCUT2D eigenvalue weighted by Gasteiger charge is -2.39. The molecule has 0 spiro atoms. The average molecular weight is 272 g/mol. The van der Waals surface area contributed by atoms with E-state index < -0.39 is 6.04 Å². The third kappa shape index (κ3) is 6.92. The minimum Gasteiger partial charge on any atom is -0.374 e. The number of ether oxygens (including phenoxy) is 1. The average Bonchev–Trinajstić information content (AvgIpc) is 2.19. The van der Waals surface area contributed by atoms with Crippen LogP contribution in [0.15, 0.2) is 0 Å². The fourth-order valence-electron chi connectivity index (χ4n) is 1.12. The molecule has 1 amide bonds. The molecule has 0 aromatic heterocycles. The van der Waals surface area contributed by atoms with Crippen LogP contribution < -0.4 is 11.1 Å². The van der Waals surface area contributed by atoms with E-state index in [9.17, 15) is 4.79 Å². The zero-order valence-electron chi connectivity index (χ0n) is 13.9. The van der Waals surface area contributed by atoms with Crippen LogP contribution in [0.3, 0.4) is 0 Å². The molecule has 1 unspecified atom stereocenters. The summed E-state index contributed by atoms with van der Waals surface area (Å²) in [6.07, 6.45) is 0. The van der Waals surface area contributed by atoms with E-state index >= 15 is 0 Å². The van der Waals surface area contributed by atoms with Crippen molar-refractivity contribution >= 4 is 5.91 Å². The van der Waals surface area contributed by atoms with Crippen molar-refractivity contribution in [3.63, 3.8) is 0 Å². The Balaban J connectivity index is 4.25. The van der Waals surface area contributed by atoms with E-state index in [1.165, 1.54) is 0 Å². The zero-order chi connectivity index (χ0) is 15.5. The standard InChI is InChI=1S/C15H32N2O2/c1-13(2,3)15(7,8)10-17-12(18)11(16)9-19-14(4,5)6/h11H,9-10,16H2,1-8H3,(H,17,18). The van der Waals surface area contributed by atoms with Crippen molar-refractivity contribution in [2.24, 2.45) is 16.6 Å². The Hall–Kier alpha value is -0.610. The Morgan fingerprint density at radius 2 is 1.58 bits per heavy atom. The van der Waals surface area contributed by atoms with Crippen molar-refractivity contribution in [2.45, 2.75) is 67.0 Å². The van der Waals surface area contributed by atoms with Gasteiger partial charge in [0.2, 0.25) is 5.91 Å². The van der Waals surface area contributed by atoms with E-state index in [0.29, 0.717) is 6.54 Å². The SMILES string of the molecule is CC(C)(C)OCC(N)C(=O)NCC(C)(C)C(C)(C)C. The Bertz CT molecular complexity index is 298. The highest BCUT2D eigenvalue weighted by molar-refractivity contribution is 5.81. The Morgan fingerprint density at radius 1 is 1.11 bits per heavy atom. The first kappa shape index (κ1) is 18.4. The molecule has 3 N–H and O–H groups in total. The van der Waals surface area contributed by atoms with Crippen molar-refractivity contribution < 1.29 is 9.53 Å². The molecule has 19 heavy (non-hydrogen) atoms. The van der Waals surface area contributed by atoms with Gasteiger partial charge < -0.3 is 15.8 Å². The summed E-state index contributed by atoms with van der Waals surface area (Å²) in [5.41, 5.74) is 5.68. The van der Waals surface area contributed by atoms with Gasteiger partial charge in [-0.1, -0.05) is 34.6 Å². The molecule has 4 heteroatoms. The molecular formula is C15H32N2O2. The summed E-state index contributed by atoms with van der Waals surface area (Å²) in [6, 6.07) is -0.616. The fourth-order valence-corrected chi connectivity index (χ4v) is 1.12. The molecule has 4 nitrogen and oxygen atoms in total. The highest BCUT2D eigenvalue weighted by atomic mass is 16.5. The number of hydrogen-bond acceptors (Lipinski definition) is 3. The highest BCUT2D eigenvalue weighted by Gasteiger charge is 2.33. The number of nitrogens with one attached hydrogen (secondary N) is 1. The lowest BCUT2D eigenvalue weighted by atomic mass is 9.69. The van der Waals surface area contributed by atoms with Crippen LogP contribution in [0.1, 0.15) is 55.4 Å². The number of nitrogens with two attached hydrogens (primary N) is 1. The van der Waals surface area contributed by atoms with Gasteiger partial charge >= 0.3 is 0 Å². The van der Waals surface area contributed by atoms with Crippen molar-refractivity contribution in [3.05, 3.63) is 0 Å². The zero-order valence-corrected chi connectivity index (χ0v) is 13.9. The van der Waals surface area contributed by atoms with Gasteiger partial charge in [-0.2, -0.15) is 0 Å². The van der Waals surface area contributed by atoms with E-state index in [4.69, 9.17) is 10.5 Å². The summed E-state index contributed by atoms with van der Waals surface area (Å²) in [5.74, 6) is -0.151. The van der Waals surface area contributed by atoms with Gasteiger partial charge in [0.05, 0.1) is 12.2 Å². The third-order valence-corrected chi connectivity index (χ3v) is 3.77. The summed E-state index contributed by atoms with van der Waals surface area (Å²) in [7, 11) is 0. The summed E-state index contributed by atoms with van der Waals surface area (Å²) in [4.78, 5) is 11.9. The second kappa shape index (κ2) is 6.23. The molecule has 0 aromatic carbocycles. The quantitative estimate of drug-likeness (QED) is 0.807. The molecule has 0 aliphatic carbocycles. The fraction of sp³-hybridized carbons (Fsp3) is 0.933. The van der Waals surface area contributed by atoms with Crippen molar-refractivity contribution in [1.82, 2.24) is 5.32 Å². The van der Waals surface area contributed by atoms with Gasteiger partial charge in [-0.05, 0) is 31.6 Å². The third-order valence-electron chi connectivity index (χ3n) is 3.77. The molecule has 114 valence electrons. The van der Waals surface area contributed by atoms with Crippen LogP contribution in [-0.2, 0) is 9.53 Å². The van der Waals surface area contributed by atoms with Crippen LogP contribution in [0.5, 0.6) is 0 Å². The molecular weight excluding hydrogens is 240 g/mol. The van der Waals surface area contributed by atoms with Gasteiger partial charge in [0, 0.05) is 6.54 Å². The van der Waals surface area contributed by atoms with Crippen LogP contribution in [-0.4, -0.2) is 30.7 Å². The largest absolute Gasteiger partial charge is 0.374 e. The molecule has 0 radical (unpaired) electrons.